The van der Waals surface area contributed by atoms with Gasteiger partial charge in [-0.15, -0.1) is 0 Å². The summed E-state index contributed by atoms with van der Waals surface area (Å²) in [7, 11) is 0. The summed E-state index contributed by atoms with van der Waals surface area (Å²) in [6.07, 6.45) is 9.97. The van der Waals surface area contributed by atoms with Crippen LogP contribution in [0.5, 0.6) is 0 Å². The van der Waals surface area contributed by atoms with Crippen molar-refractivity contribution in [2.24, 2.45) is 11.8 Å². The van der Waals surface area contributed by atoms with E-state index in [1.54, 1.807) is 0 Å². The number of allylic oxidation sites excluding steroid dienone is 2. The molecule has 1 heteroatoms. The number of fused-ring (bicyclic) bond motifs is 1. The Balaban J connectivity index is 2.11. The van der Waals surface area contributed by atoms with E-state index in [2.05, 4.69) is 12.2 Å². The van der Waals surface area contributed by atoms with Gasteiger partial charge in [0.25, 0.3) is 0 Å². The molecular weight excluding hydrogens is 136 g/mol. The average molecular weight is 150 g/mol. The maximum Gasteiger partial charge on any atom is 0.133 e. The van der Waals surface area contributed by atoms with Gasteiger partial charge in [-0.3, -0.25) is 4.79 Å². The van der Waals surface area contributed by atoms with Gasteiger partial charge in [0.2, 0.25) is 0 Å². The Hall–Kier alpha value is -0.590. The van der Waals surface area contributed by atoms with Crippen LogP contribution in [0.15, 0.2) is 12.2 Å². The summed E-state index contributed by atoms with van der Waals surface area (Å²) in [6.45, 7) is 0. The molecular formula is C10H14O. The van der Waals surface area contributed by atoms with Crippen LogP contribution in [-0.4, -0.2) is 5.78 Å². The van der Waals surface area contributed by atoms with E-state index >= 15 is 0 Å². The molecule has 2 atom stereocenters. The van der Waals surface area contributed by atoms with E-state index < -0.39 is 0 Å². The highest BCUT2D eigenvalue weighted by molar-refractivity contribution is 5.81. The Labute approximate surface area is 67.5 Å². The van der Waals surface area contributed by atoms with Crippen molar-refractivity contribution in [1.29, 1.82) is 0 Å². The molecule has 1 nitrogen and oxygen atoms in total. The molecule has 0 radical (unpaired) electrons. The second-order valence-electron chi connectivity index (χ2n) is 3.73. The lowest BCUT2D eigenvalue weighted by molar-refractivity contribution is -0.117. The highest BCUT2D eigenvalue weighted by Gasteiger charge is 2.31. The molecule has 11 heavy (non-hydrogen) atoms. The van der Waals surface area contributed by atoms with E-state index in [1.807, 2.05) is 0 Å². The summed E-state index contributed by atoms with van der Waals surface area (Å²) in [5.41, 5.74) is 0. The first-order valence-electron chi connectivity index (χ1n) is 4.54. The quantitative estimate of drug-likeness (QED) is 0.484. The van der Waals surface area contributed by atoms with Crippen LogP contribution in [0.2, 0.25) is 0 Å². The van der Waals surface area contributed by atoms with Crippen molar-refractivity contribution in [2.75, 3.05) is 0 Å². The summed E-state index contributed by atoms with van der Waals surface area (Å²) in [5, 5.41) is 0. The Kier molecular flexibility index (Phi) is 1.80. The van der Waals surface area contributed by atoms with Crippen LogP contribution in [0.4, 0.5) is 0 Å². The molecule has 1 saturated carbocycles. The Morgan fingerprint density at radius 3 is 3.18 bits per heavy atom. The fourth-order valence-electron chi connectivity index (χ4n) is 2.27. The average Bonchev–Trinajstić information content (AvgIpc) is 2.17. The minimum atomic E-state index is 0.478. The third-order valence-corrected chi connectivity index (χ3v) is 2.89. The van der Waals surface area contributed by atoms with Crippen molar-refractivity contribution in [3.63, 3.8) is 0 Å². The summed E-state index contributed by atoms with van der Waals surface area (Å²) >= 11 is 0. The maximum absolute atomic E-state index is 11.1. The van der Waals surface area contributed by atoms with Crippen LogP contribution in [-0.2, 0) is 4.79 Å². The second-order valence-corrected chi connectivity index (χ2v) is 3.73. The van der Waals surface area contributed by atoms with E-state index in [1.165, 1.54) is 19.3 Å². The standard InChI is InChI=1S/C10H14O/c11-10-6-8-4-2-1-3-5-9(8)7-10/h2,4,8-9H,1,3,5-7H2. The van der Waals surface area contributed by atoms with Crippen LogP contribution in [0.3, 0.4) is 0 Å². The van der Waals surface area contributed by atoms with Crippen LogP contribution in [0.1, 0.15) is 32.1 Å². The topological polar surface area (TPSA) is 17.1 Å². The Morgan fingerprint density at radius 1 is 1.36 bits per heavy atom. The largest absolute Gasteiger partial charge is 0.300 e. The number of carbonyl (C=O) groups excluding carboxylic acids is 1. The van der Waals surface area contributed by atoms with Crippen molar-refractivity contribution in [2.45, 2.75) is 32.1 Å². The van der Waals surface area contributed by atoms with Gasteiger partial charge in [-0.05, 0) is 31.1 Å². The zero-order chi connectivity index (χ0) is 7.68. The van der Waals surface area contributed by atoms with Crippen molar-refractivity contribution in [1.82, 2.24) is 0 Å². The van der Waals surface area contributed by atoms with Gasteiger partial charge < -0.3 is 0 Å². The SMILES string of the molecule is O=C1CC2C=CCCCC2C1. The van der Waals surface area contributed by atoms with Gasteiger partial charge in [-0.2, -0.15) is 0 Å². The van der Waals surface area contributed by atoms with Gasteiger partial charge in [0.1, 0.15) is 5.78 Å². The third kappa shape index (κ3) is 1.37. The van der Waals surface area contributed by atoms with Crippen molar-refractivity contribution < 1.29 is 4.79 Å². The van der Waals surface area contributed by atoms with Crippen LogP contribution in [0, 0.1) is 11.8 Å². The van der Waals surface area contributed by atoms with E-state index in [-0.39, 0.29) is 0 Å². The minimum absolute atomic E-state index is 0.478. The van der Waals surface area contributed by atoms with Gasteiger partial charge in [0.15, 0.2) is 0 Å². The highest BCUT2D eigenvalue weighted by atomic mass is 16.1. The smallest absolute Gasteiger partial charge is 0.133 e. The molecule has 2 unspecified atom stereocenters. The predicted octanol–water partition coefficient (Wildman–Crippen LogP) is 2.32. The molecule has 0 saturated heterocycles. The molecule has 0 amide bonds. The second kappa shape index (κ2) is 2.80. The normalized spacial score (nSPS) is 36.9. The van der Waals surface area contributed by atoms with Crippen LogP contribution >= 0.6 is 0 Å². The van der Waals surface area contributed by atoms with E-state index in [9.17, 15) is 4.79 Å². The molecule has 2 aliphatic carbocycles. The number of hydrogen-bond acceptors (Lipinski definition) is 1. The molecule has 0 N–H and O–H groups in total. The fourth-order valence-corrected chi connectivity index (χ4v) is 2.27. The lowest BCUT2D eigenvalue weighted by Crippen LogP contribution is -2.02. The molecule has 2 rings (SSSR count). The first-order chi connectivity index (χ1) is 5.36. The minimum Gasteiger partial charge on any atom is -0.300 e. The molecule has 0 aromatic rings. The Morgan fingerprint density at radius 2 is 2.27 bits per heavy atom. The molecule has 0 bridgehead atoms. The third-order valence-electron chi connectivity index (χ3n) is 2.89. The Bertz CT molecular complexity index is 193. The van der Waals surface area contributed by atoms with Gasteiger partial charge in [-0.25, -0.2) is 0 Å². The summed E-state index contributed by atoms with van der Waals surface area (Å²) in [5.74, 6) is 1.78. The summed E-state index contributed by atoms with van der Waals surface area (Å²) in [4.78, 5) is 11.1. The molecule has 0 aliphatic heterocycles. The molecule has 60 valence electrons. The van der Waals surface area contributed by atoms with E-state index in [4.69, 9.17) is 0 Å². The first kappa shape index (κ1) is 7.08. The first-order valence-corrected chi connectivity index (χ1v) is 4.54. The molecule has 0 aromatic carbocycles. The molecule has 0 heterocycles. The van der Waals surface area contributed by atoms with Gasteiger partial charge in [0.05, 0.1) is 0 Å². The summed E-state index contributed by atoms with van der Waals surface area (Å²) in [6, 6.07) is 0. The molecule has 2 aliphatic rings. The van der Waals surface area contributed by atoms with Crippen LogP contribution < -0.4 is 0 Å². The van der Waals surface area contributed by atoms with Crippen LogP contribution in [0.25, 0.3) is 0 Å². The lowest BCUT2D eigenvalue weighted by atomic mass is 9.93. The number of carbonyl (C=O) groups is 1. The van der Waals surface area contributed by atoms with Gasteiger partial charge >= 0.3 is 0 Å². The summed E-state index contributed by atoms with van der Waals surface area (Å²) < 4.78 is 0. The number of Topliss-reactive ketones (excluding diaryl/α,β-unsaturated/α-hetero) is 1. The van der Waals surface area contributed by atoms with E-state index in [0.29, 0.717) is 17.6 Å². The monoisotopic (exact) mass is 150 g/mol. The van der Waals surface area contributed by atoms with E-state index in [0.717, 1.165) is 12.8 Å². The predicted molar refractivity (Wildman–Crippen MR) is 44.2 cm³/mol. The number of rotatable bonds is 0. The van der Waals surface area contributed by atoms with Gasteiger partial charge in [-0.1, -0.05) is 12.2 Å². The lowest BCUT2D eigenvalue weighted by Gasteiger charge is -2.10. The maximum atomic E-state index is 11.1. The van der Waals surface area contributed by atoms with Crippen molar-refractivity contribution >= 4 is 5.78 Å². The zero-order valence-corrected chi connectivity index (χ0v) is 6.75. The molecule has 0 aromatic heterocycles. The van der Waals surface area contributed by atoms with Crippen molar-refractivity contribution in [3.8, 4) is 0 Å². The van der Waals surface area contributed by atoms with Gasteiger partial charge in [0, 0.05) is 12.8 Å². The molecule has 1 fully saturated rings. The zero-order valence-electron chi connectivity index (χ0n) is 6.75. The fraction of sp³-hybridized carbons (Fsp3) is 0.700. The highest BCUT2D eigenvalue weighted by Crippen LogP contribution is 2.35. The van der Waals surface area contributed by atoms with Crippen molar-refractivity contribution in [3.05, 3.63) is 12.2 Å². The number of hydrogen-bond donors (Lipinski definition) is 0. The molecule has 0 spiro atoms. The number of ketones is 1.